The summed E-state index contributed by atoms with van der Waals surface area (Å²) < 4.78 is 5.32. The molecule has 1 fully saturated rings. The lowest BCUT2D eigenvalue weighted by Crippen LogP contribution is -2.27. The third-order valence-corrected chi connectivity index (χ3v) is 2.75. The fraction of sp³-hybridized carbons (Fsp3) is 0.286. The summed E-state index contributed by atoms with van der Waals surface area (Å²) in [6, 6.07) is 6.48. The number of rotatable bonds is 2. The molecule has 0 radical (unpaired) electrons. The Kier molecular flexibility index (Phi) is 2.74. The van der Waals surface area contributed by atoms with E-state index >= 15 is 0 Å². The van der Waals surface area contributed by atoms with Crippen LogP contribution in [0.15, 0.2) is 30.9 Å². The molecule has 15 heavy (non-hydrogen) atoms. The van der Waals surface area contributed by atoms with Crippen LogP contribution in [0, 0.1) is 6.92 Å². The van der Waals surface area contributed by atoms with Gasteiger partial charge in [0.2, 0.25) is 0 Å². The molecule has 1 aromatic rings. The van der Waals surface area contributed by atoms with Crippen molar-refractivity contribution in [2.75, 3.05) is 6.61 Å². The van der Waals surface area contributed by atoms with Gasteiger partial charge >= 0.3 is 0 Å². The van der Waals surface area contributed by atoms with Gasteiger partial charge in [-0.1, -0.05) is 42.5 Å². The number of hydrogen-bond donors (Lipinski definition) is 0. The van der Waals surface area contributed by atoms with Crippen LogP contribution in [0.5, 0.6) is 0 Å². The van der Waals surface area contributed by atoms with E-state index in [0.717, 1.165) is 6.61 Å². The number of benzene rings is 1. The molecule has 1 nitrogen and oxygen atoms in total. The molecule has 0 aliphatic carbocycles. The molecule has 0 N–H and O–H groups in total. The quantitative estimate of drug-likeness (QED) is 0.660. The summed E-state index contributed by atoms with van der Waals surface area (Å²) in [7, 11) is 0. The number of hydrogen-bond acceptors (Lipinski definition) is 1. The first-order valence-electron chi connectivity index (χ1n) is 5.24. The van der Waals surface area contributed by atoms with Crippen LogP contribution < -0.4 is 10.4 Å². The summed E-state index contributed by atoms with van der Waals surface area (Å²) in [6.45, 7) is 8.87. The number of epoxide rings is 1. The monoisotopic (exact) mass is 200 g/mol. The maximum atomic E-state index is 5.32. The van der Waals surface area contributed by atoms with Crippen molar-refractivity contribution in [3.8, 4) is 0 Å². The molecule has 1 aliphatic rings. The van der Waals surface area contributed by atoms with E-state index in [1.165, 1.54) is 21.6 Å². The predicted molar refractivity (Wildman–Crippen MR) is 63.9 cm³/mol. The fourth-order valence-corrected chi connectivity index (χ4v) is 1.76. The Hall–Kier alpha value is -1.34. The molecule has 1 atom stereocenters. The van der Waals surface area contributed by atoms with Gasteiger partial charge in [-0.15, -0.1) is 0 Å². The molecular formula is C14H16O. The Morgan fingerprint density at radius 3 is 2.87 bits per heavy atom. The number of ether oxygens (including phenoxy) is 1. The first kappa shape index (κ1) is 10.2. The van der Waals surface area contributed by atoms with E-state index < -0.39 is 0 Å². The zero-order valence-corrected chi connectivity index (χ0v) is 9.29. The Labute approximate surface area is 90.4 Å². The molecule has 2 rings (SSSR count). The highest BCUT2D eigenvalue weighted by Crippen LogP contribution is 2.18. The Morgan fingerprint density at radius 2 is 2.27 bits per heavy atom. The molecule has 78 valence electrons. The maximum Gasteiger partial charge on any atom is 0.103 e. The highest BCUT2D eigenvalue weighted by molar-refractivity contribution is 5.52. The topological polar surface area (TPSA) is 12.5 Å². The van der Waals surface area contributed by atoms with Crippen LogP contribution in [0.4, 0.5) is 0 Å². The standard InChI is InChI=1S/C14H16O/c1-4-5-12-7-6-10(2)8-13(12)11(3)14-9-15-14/h4-8,14H,1,9H2,2-3H3/b12-5-,13-11+. The minimum absolute atomic E-state index is 0.337. The molecule has 1 aliphatic heterocycles. The molecule has 0 spiro atoms. The molecule has 1 aromatic carbocycles. The van der Waals surface area contributed by atoms with E-state index in [1.807, 2.05) is 12.2 Å². The van der Waals surface area contributed by atoms with Crippen molar-refractivity contribution in [3.63, 3.8) is 0 Å². The molecule has 1 heteroatoms. The zero-order chi connectivity index (χ0) is 10.8. The zero-order valence-electron chi connectivity index (χ0n) is 9.29. The molecule has 0 saturated carbocycles. The van der Waals surface area contributed by atoms with Crippen LogP contribution in [-0.2, 0) is 4.74 Å². The van der Waals surface area contributed by atoms with Crippen LogP contribution in [0.2, 0.25) is 0 Å². The molecule has 0 amide bonds. The summed E-state index contributed by atoms with van der Waals surface area (Å²) in [5.74, 6) is 0. The van der Waals surface area contributed by atoms with E-state index in [-0.39, 0.29) is 0 Å². The average molecular weight is 200 g/mol. The Morgan fingerprint density at radius 1 is 1.53 bits per heavy atom. The van der Waals surface area contributed by atoms with Gasteiger partial charge in [0.15, 0.2) is 0 Å². The summed E-state index contributed by atoms with van der Waals surface area (Å²) in [5.41, 5.74) is 2.61. The molecule has 0 aromatic heterocycles. The second-order valence-corrected chi connectivity index (χ2v) is 4.00. The van der Waals surface area contributed by atoms with Crippen molar-refractivity contribution in [2.45, 2.75) is 20.0 Å². The SMILES string of the molecule is C=C/C=c1/ccc(C)c/c1=C(/C)C1CO1. The second kappa shape index (κ2) is 4.03. The Bertz CT molecular complexity index is 493. The van der Waals surface area contributed by atoms with Crippen LogP contribution in [-0.4, -0.2) is 12.7 Å². The van der Waals surface area contributed by atoms with E-state index in [0.29, 0.717) is 6.10 Å². The van der Waals surface area contributed by atoms with E-state index in [1.54, 1.807) is 0 Å². The smallest absolute Gasteiger partial charge is 0.103 e. The van der Waals surface area contributed by atoms with E-state index in [4.69, 9.17) is 4.74 Å². The predicted octanol–water partition coefficient (Wildman–Crippen LogP) is 1.53. The lowest BCUT2D eigenvalue weighted by molar-refractivity contribution is 0.443. The fourth-order valence-electron chi connectivity index (χ4n) is 1.76. The van der Waals surface area contributed by atoms with Gasteiger partial charge < -0.3 is 4.74 Å². The van der Waals surface area contributed by atoms with E-state index in [2.05, 4.69) is 38.6 Å². The normalized spacial score (nSPS) is 22.5. The summed E-state index contributed by atoms with van der Waals surface area (Å²) in [6.07, 6.45) is 4.21. The molecule has 1 heterocycles. The molecular weight excluding hydrogens is 184 g/mol. The molecule has 1 saturated heterocycles. The van der Waals surface area contributed by atoms with Gasteiger partial charge in [0.05, 0.1) is 6.61 Å². The number of allylic oxidation sites excluding steroid dienone is 1. The summed E-state index contributed by atoms with van der Waals surface area (Å²) >= 11 is 0. The first-order chi connectivity index (χ1) is 7.22. The van der Waals surface area contributed by atoms with Gasteiger partial charge in [0.25, 0.3) is 0 Å². The van der Waals surface area contributed by atoms with Gasteiger partial charge in [-0.05, 0) is 29.9 Å². The number of aryl methyl sites for hydroxylation is 1. The lowest BCUT2D eigenvalue weighted by atomic mass is 10.1. The van der Waals surface area contributed by atoms with Crippen molar-refractivity contribution in [1.82, 2.24) is 0 Å². The van der Waals surface area contributed by atoms with Gasteiger partial charge in [-0.2, -0.15) is 0 Å². The largest absolute Gasteiger partial charge is 0.368 e. The van der Waals surface area contributed by atoms with Crippen molar-refractivity contribution in [1.29, 1.82) is 0 Å². The van der Waals surface area contributed by atoms with Gasteiger partial charge in [0, 0.05) is 0 Å². The van der Waals surface area contributed by atoms with Gasteiger partial charge in [-0.25, -0.2) is 0 Å². The Balaban J connectivity index is 2.71. The van der Waals surface area contributed by atoms with Crippen molar-refractivity contribution >= 4 is 11.6 Å². The summed E-state index contributed by atoms with van der Waals surface area (Å²) in [4.78, 5) is 0. The van der Waals surface area contributed by atoms with Crippen LogP contribution in [0.3, 0.4) is 0 Å². The third kappa shape index (κ3) is 2.18. The van der Waals surface area contributed by atoms with Crippen LogP contribution in [0.25, 0.3) is 11.6 Å². The van der Waals surface area contributed by atoms with Gasteiger partial charge in [-0.3, -0.25) is 0 Å². The van der Waals surface area contributed by atoms with Crippen LogP contribution >= 0.6 is 0 Å². The third-order valence-electron chi connectivity index (χ3n) is 2.75. The average Bonchev–Trinajstić information content (AvgIpc) is 3.03. The summed E-state index contributed by atoms with van der Waals surface area (Å²) in [5, 5.41) is 2.51. The first-order valence-corrected chi connectivity index (χ1v) is 5.24. The van der Waals surface area contributed by atoms with Crippen LogP contribution in [0.1, 0.15) is 12.5 Å². The maximum absolute atomic E-state index is 5.32. The highest BCUT2D eigenvalue weighted by Gasteiger charge is 2.24. The second-order valence-electron chi connectivity index (χ2n) is 4.00. The van der Waals surface area contributed by atoms with Crippen molar-refractivity contribution in [3.05, 3.63) is 46.9 Å². The van der Waals surface area contributed by atoms with Crippen molar-refractivity contribution < 1.29 is 4.74 Å². The highest BCUT2D eigenvalue weighted by atomic mass is 16.6. The van der Waals surface area contributed by atoms with Crippen molar-refractivity contribution in [2.24, 2.45) is 0 Å². The van der Waals surface area contributed by atoms with Gasteiger partial charge in [0.1, 0.15) is 6.10 Å². The molecule has 0 bridgehead atoms. The lowest BCUT2D eigenvalue weighted by Gasteiger charge is -1.98. The minimum Gasteiger partial charge on any atom is -0.368 e. The van der Waals surface area contributed by atoms with E-state index in [9.17, 15) is 0 Å². The molecule has 1 unspecified atom stereocenters. The minimum atomic E-state index is 0.337.